The molecule has 2 aromatic carbocycles. The van der Waals surface area contributed by atoms with E-state index in [9.17, 15) is 9.90 Å². The van der Waals surface area contributed by atoms with E-state index in [4.69, 9.17) is 21.3 Å². The highest BCUT2D eigenvalue weighted by molar-refractivity contribution is 6.30. The number of hydrogen-bond donors (Lipinski definition) is 2. The van der Waals surface area contributed by atoms with Crippen molar-refractivity contribution in [1.82, 2.24) is 10.2 Å². The van der Waals surface area contributed by atoms with Crippen molar-refractivity contribution in [3.8, 4) is 11.5 Å². The van der Waals surface area contributed by atoms with E-state index in [0.29, 0.717) is 44.0 Å². The molecule has 1 fully saturated rings. The summed E-state index contributed by atoms with van der Waals surface area (Å²) in [5, 5.41) is 14.8. The van der Waals surface area contributed by atoms with Gasteiger partial charge in [0.15, 0.2) is 0 Å². The molecule has 2 aliphatic rings. The fourth-order valence-corrected chi connectivity index (χ4v) is 4.62. The first kappa shape index (κ1) is 21.7. The molecule has 0 saturated carbocycles. The van der Waals surface area contributed by atoms with Crippen LogP contribution in [0.3, 0.4) is 0 Å². The lowest BCUT2D eigenvalue weighted by molar-refractivity contribution is -0.130. The molecule has 0 aliphatic carbocycles. The van der Waals surface area contributed by atoms with Gasteiger partial charge in [0.05, 0.1) is 6.61 Å². The molecule has 7 heteroatoms. The normalized spacial score (nSPS) is 20.4. The number of phenolic OH excluding ortho intramolecular Hbond substituents is 1. The molecule has 0 bridgehead atoms. The summed E-state index contributed by atoms with van der Waals surface area (Å²) in [6, 6.07) is 13.0. The number of ether oxygens (including phenoxy) is 1. The van der Waals surface area contributed by atoms with Gasteiger partial charge in [-0.25, -0.2) is 0 Å². The number of amides is 1. The fraction of sp³-hybridized carbons (Fsp3) is 0.417. The number of nitrogens with zero attached hydrogens (tertiary/aromatic N) is 2. The molecule has 0 radical (unpaired) electrons. The molecule has 1 amide bonds. The zero-order valence-electron chi connectivity index (χ0n) is 17.9. The summed E-state index contributed by atoms with van der Waals surface area (Å²) in [7, 11) is 0. The number of likely N-dealkylation sites (tertiary alicyclic amines) is 1. The van der Waals surface area contributed by atoms with E-state index in [0.717, 1.165) is 22.6 Å². The summed E-state index contributed by atoms with van der Waals surface area (Å²) in [6.45, 7) is 5.49. The standard InChI is InChI=1S/C24H28ClN3O3/c1-3-31-19-7-4-17(5-8-19)21-15-22(20-14-18(25)6-9-23(20)30)27-24(26-21)10-12-28(13-11-24)16(2)29/h4-9,14,22,27,30H,3,10-13,15H2,1-2H3/t22-/m1/s1. The number of piperidine rings is 1. The predicted octanol–water partition coefficient (Wildman–Crippen LogP) is 4.31. The first-order valence-corrected chi connectivity index (χ1v) is 11.1. The quantitative estimate of drug-likeness (QED) is 0.741. The van der Waals surface area contributed by atoms with Crippen LogP contribution < -0.4 is 10.1 Å². The van der Waals surface area contributed by atoms with Gasteiger partial charge in [-0.15, -0.1) is 0 Å². The van der Waals surface area contributed by atoms with Crippen LogP contribution in [-0.2, 0) is 4.79 Å². The summed E-state index contributed by atoms with van der Waals surface area (Å²) in [5.74, 6) is 1.13. The van der Waals surface area contributed by atoms with Crippen LogP contribution in [0.25, 0.3) is 0 Å². The van der Waals surface area contributed by atoms with Gasteiger partial charge in [-0.05, 0) is 55.0 Å². The van der Waals surface area contributed by atoms with E-state index in [1.807, 2.05) is 42.2 Å². The predicted molar refractivity (Wildman–Crippen MR) is 122 cm³/mol. The van der Waals surface area contributed by atoms with Crippen LogP contribution >= 0.6 is 11.6 Å². The van der Waals surface area contributed by atoms with Crippen molar-refractivity contribution < 1.29 is 14.6 Å². The molecule has 0 aromatic heterocycles. The third-order valence-electron chi connectivity index (χ3n) is 6.09. The molecule has 2 aliphatic heterocycles. The molecular weight excluding hydrogens is 414 g/mol. The smallest absolute Gasteiger partial charge is 0.219 e. The van der Waals surface area contributed by atoms with E-state index in [1.54, 1.807) is 19.1 Å². The molecule has 2 N–H and O–H groups in total. The Bertz CT molecular complexity index is 982. The van der Waals surface area contributed by atoms with Crippen LogP contribution in [-0.4, -0.2) is 47.0 Å². The minimum absolute atomic E-state index is 0.0883. The van der Waals surface area contributed by atoms with Crippen molar-refractivity contribution in [3.63, 3.8) is 0 Å². The van der Waals surface area contributed by atoms with E-state index in [1.165, 1.54) is 0 Å². The Hall–Kier alpha value is -2.57. The SMILES string of the molecule is CCOc1ccc(C2=NC3(CCN(C(C)=O)CC3)N[C@@H](c3cc(Cl)ccc3O)C2)cc1. The lowest BCUT2D eigenvalue weighted by atomic mass is 9.87. The second-order valence-electron chi connectivity index (χ2n) is 8.16. The lowest BCUT2D eigenvalue weighted by Crippen LogP contribution is -2.56. The zero-order valence-corrected chi connectivity index (χ0v) is 18.7. The number of nitrogens with one attached hydrogen (secondary N) is 1. The summed E-state index contributed by atoms with van der Waals surface area (Å²) in [5.41, 5.74) is 2.28. The van der Waals surface area contributed by atoms with Gasteiger partial charge >= 0.3 is 0 Å². The Labute approximate surface area is 187 Å². The Morgan fingerprint density at radius 1 is 1.26 bits per heavy atom. The van der Waals surface area contributed by atoms with Crippen LogP contribution in [0.2, 0.25) is 5.02 Å². The number of phenols is 1. The van der Waals surface area contributed by atoms with Crippen molar-refractivity contribution in [2.24, 2.45) is 4.99 Å². The fourth-order valence-electron chi connectivity index (χ4n) is 4.44. The second-order valence-corrected chi connectivity index (χ2v) is 8.59. The third-order valence-corrected chi connectivity index (χ3v) is 6.32. The van der Waals surface area contributed by atoms with Gasteiger partial charge in [0.2, 0.25) is 5.91 Å². The number of carbonyl (C=O) groups is 1. The Morgan fingerprint density at radius 2 is 1.97 bits per heavy atom. The molecule has 1 spiro atoms. The number of aromatic hydroxyl groups is 1. The Morgan fingerprint density at radius 3 is 2.61 bits per heavy atom. The highest BCUT2D eigenvalue weighted by Crippen LogP contribution is 2.38. The van der Waals surface area contributed by atoms with Gasteiger partial charge in [-0.1, -0.05) is 11.6 Å². The largest absolute Gasteiger partial charge is 0.508 e. The van der Waals surface area contributed by atoms with Crippen molar-refractivity contribution in [1.29, 1.82) is 0 Å². The van der Waals surface area contributed by atoms with Crippen molar-refractivity contribution >= 4 is 23.2 Å². The van der Waals surface area contributed by atoms with Crippen LogP contribution in [0.4, 0.5) is 0 Å². The van der Waals surface area contributed by atoms with Crippen molar-refractivity contribution in [2.45, 2.75) is 44.8 Å². The lowest BCUT2D eigenvalue weighted by Gasteiger charge is -2.45. The highest BCUT2D eigenvalue weighted by atomic mass is 35.5. The summed E-state index contributed by atoms with van der Waals surface area (Å²) >= 11 is 6.24. The number of aliphatic imine (C=N–C) groups is 1. The first-order valence-electron chi connectivity index (χ1n) is 10.7. The van der Waals surface area contributed by atoms with Crippen LogP contribution in [0.5, 0.6) is 11.5 Å². The minimum Gasteiger partial charge on any atom is -0.508 e. The van der Waals surface area contributed by atoms with Gasteiger partial charge in [0, 0.05) is 61.6 Å². The van der Waals surface area contributed by atoms with Gasteiger partial charge in [0.25, 0.3) is 0 Å². The maximum atomic E-state index is 11.8. The highest BCUT2D eigenvalue weighted by Gasteiger charge is 2.41. The average molecular weight is 442 g/mol. The monoisotopic (exact) mass is 441 g/mol. The minimum atomic E-state index is -0.489. The molecule has 0 unspecified atom stereocenters. The van der Waals surface area contributed by atoms with E-state index in [-0.39, 0.29) is 17.7 Å². The van der Waals surface area contributed by atoms with Gasteiger partial charge < -0.3 is 14.7 Å². The summed E-state index contributed by atoms with van der Waals surface area (Å²) < 4.78 is 5.57. The number of halogens is 1. The summed E-state index contributed by atoms with van der Waals surface area (Å²) in [6.07, 6.45) is 2.05. The molecular formula is C24H28ClN3O3. The third kappa shape index (κ3) is 4.70. The van der Waals surface area contributed by atoms with Gasteiger partial charge in [-0.2, -0.15) is 0 Å². The molecule has 164 valence electrons. The molecule has 2 aromatic rings. The molecule has 4 rings (SSSR count). The molecule has 1 saturated heterocycles. The van der Waals surface area contributed by atoms with Crippen LogP contribution in [0, 0.1) is 0 Å². The molecule has 6 nitrogen and oxygen atoms in total. The maximum absolute atomic E-state index is 11.8. The van der Waals surface area contributed by atoms with Gasteiger partial charge in [-0.3, -0.25) is 15.1 Å². The van der Waals surface area contributed by atoms with Crippen LogP contribution in [0.1, 0.15) is 50.3 Å². The molecule has 2 heterocycles. The van der Waals surface area contributed by atoms with E-state index < -0.39 is 5.66 Å². The first-order chi connectivity index (χ1) is 14.9. The number of carbonyl (C=O) groups excluding carboxylic acids is 1. The maximum Gasteiger partial charge on any atom is 0.219 e. The topological polar surface area (TPSA) is 74.2 Å². The Balaban J connectivity index is 1.69. The molecule has 1 atom stereocenters. The number of benzene rings is 2. The number of hydrogen-bond acceptors (Lipinski definition) is 5. The zero-order chi connectivity index (χ0) is 22.0. The van der Waals surface area contributed by atoms with E-state index in [2.05, 4.69) is 5.32 Å². The average Bonchev–Trinajstić information content (AvgIpc) is 2.76. The number of rotatable bonds is 4. The summed E-state index contributed by atoms with van der Waals surface area (Å²) in [4.78, 5) is 18.8. The second kappa shape index (κ2) is 8.89. The van der Waals surface area contributed by atoms with Crippen LogP contribution in [0.15, 0.2) is 47.5 Å². The van der Waals surface area contributed by atoms with Crippen molar-refractivity contribution in [3.05, 3.63) is 58.6 Å². The van der Waals surface area contributed by atoms with Gasteiger partial charge in [0.1, 0.15) is 17.2 Å². The van der Waals surface area contributed by atoms with E-state index >= 15 is 0 Å². The Kier molecular flexibility index (Phi) is 6.21. The van der Waals surface area contributed by atoms with Crippen molar-refractivity contribution in [2.75, 3.05) is 19.7 Å². The molecule has 31 heavy (non-hydrogen) atoms.